The maximum atomic E-state index is 12.6. The molecule has 4 rings (SSSR count). The van der Waals surface area contributed by atoms with Gasteiger partial charge in [-0.1, -0.05) is 19.8 Å². The summed E-state index contributed by atoms with van der Waals surface area (Å²) in [6, 6.07) is 0.354. The highest BCUT2D eigenvalue weighted by Crippen LogP contribution is 2.36. The fraction of sp³-hybridized carbons (Fsp3) is 0.762. The molecule has 1 saturated carbocycles. The quantitative estimate of drug-likeness (QED) is 0.778. The van der Waals surface area contributed by atoms with Gasteiger partial charge in [0.25, 0.3) is 0 Å². The van der Waals surface area contributed by atoms with Crippen LogP contribution in [0.4, 0.5) is 0 Å². The van der Waals surface area contributed by atoms with Crippen LogP contribution < -0.4 is 5.32 Å². The first-order valence-electron chi connectivity index (χ1n) is 11.3. The second-order valence-corrected chi connectivity index (χ2v) is 8.87. The van der Waals surface area contributed by atoms with E-state index in [4.69, 9.17) is 0 Å². The molecular weight excluding hydrogens is 380 g/mol. The molecule has 2 aliphatic rings. The van der Waals surface area contributed by atoms with Gasteiger partial charge in [0, 0.05) is 44.4 Å². The molecule has 1 amide bonds. The van der Waals surface area contributed by atoms with Crippen LogP contribution in [0.1, 0.15) is 80.7 Å². The molecule has 164 valence electrons. The lowest BCUT2D eigenvalue weighted by atomic mass is 9.87. The number of rotatable bonds is 6. The number of nitrogens with zero attached hydrogens (tertiary/aromatic N) is 7. The summed E-state index contributed by atoms with van der Waals surface area (Å²) in [5.74, 6) is 1.07. The second-order valence-electron chi connectivity index (χ2n) is 8.87. The average molecular weight is 415 g/mol. The van der Waals surface area contributed by atoms with Crippen molar-refractivity contribution in [2.45, 2.75) is 83.8 Å². The Kier molecular flexibility index (Phi) is 5.90. The molecular formula is C21H34N8O. The van der Waals surface area contributed by atoms with Crippen LogP contribution in [0.15, 0.2) is 0 Å². The van der Waals surface area contributed by atoms with Crippen molar-refractivity contribution in [2.24, 2.45) is 7.05 Å². The maximum Gasteiger partial charge on any atom is 0.222 e. The first kappa shape index (κ1) is 21.0. The number of hydrogen-bond donors (Lipinski definition) is 1. The van der Waals surface area contributed by atoms with Crippen molar-refractivity contribution in [1.29, 1.82) is 0 Å². The molecule has 0 unspecified atom stereocenters. The van der Waals surface area contributed by atoms with Crippen molar-refractivity contribution in [3.63, 3.8) is 0 Å². The van der Waals surface area contributed by atoms with Gasteiger partial charge >= 0.3 is 0 Å². The van der Waals surface area contributed by atoms with E-state index in [0.29, 0.717) is 25.6 Å². The minimum absolute atomic E-state index is 0.189. The van der Waals surface area contributed by atoms with Gasteiger partial charge in [0.2, 0.25) is 5.91 Å². The highest BCUT2D eigenvalue weighted by atomic mass is 16.2. The molecule has 0 bridgehead atoms. The Bertz CT molecular complexity index is 897. The smallest absolute Gasteiger partial charge is 0.222 e. The van der Waals surface area contributed by atoms with Crippen molar-refractivity contribution < 1.29 is 4.79 Å². The lowest BCUT2D eigenvalue weighted by Crippen LogP contribution is -2.57. The lowest BCUT2D eigenvalue weighted by molar-refractivity contribution is -0.133. The number of tetrazole rings is 1. The fourth-order valence-electron chi connectivity index (χ4n) is 5.13. The monoisotopic (exact) mass is 414 g/mol. The van der Waals surface area contributed by atoms with Crippen molar-refractivity contribution in [1.82, 2.24) is 40.2 Å². The summed E-state index contributed by atoms with van der Waals surface area (Å²) in [6.07, 6.45) is 7.04. The van der Waals surface area contributed by atoms with Crippen LogP contribution in [0.3, 0.4) is 0 Å². The van der Waals surface area contributed by atoms with Gasteiger partial charge in [-0.2, -0.15) is 5.10 Å². The van der Waals surface area contributed by atoms with Gasteiger partial charge in [-0.05, 0) is 50.0 Å². The zero-order valence-electron chi connectivity index (χ0n) is 18.7. The predicted octanol–water partition coefficient (Wildman–Crippen LogP) is 2.16. The van der Waals surface area contributed by atoms with Gasteiger partial charge in [0.1, 0.15) is 0 Å². The third-order valence-corrected chi connectivity index (χ3v) is 7.00. The summed E-state index contributed by atoms with van der Waals surface area (Å²) in [5, 5.41) is 21.4. The Morgan fingerprint density at radius 1 is 1.23 bits per heavy atom. The summed E-state index contributed by atoms with van der Waals surface area (Å²) in [7, 11) is 1.98. The average Bonchev–Trinajstić information content (AvgIpc) is 3.48. The number of carbonyl (C=O) groups is 1. The minimum atomic E-state index is -0.454. The third kappa shape index (κ3) is 3.75. The molecule has 0 spiro atoms. The van der Waals surface area contributed by atoms with E-state index in [1.54, 1.807) is 0 Å². The summed E-state index contributed by atoms with van der Waals surface area (Å²) in [4.78, 5) is 14.6. The molecule has 2 aromatic rings. The van der Waals surface area contributed by atoms with Gasteiger partial charge in [-0.15, -0.1) is 5.10 Å². The molecule has 9 nitrogen and oxygen atoms in total. The van der Waals surface area contributed by atoms with Crippen LogP contribution in [0.2, 0.25) is 0 Å². The van der Waals surface area contributed by atoms with E-state index < -0.39 is 5.54 Å². The summed E-state index contributed by atoms with van der Waals surface area (Å²) >= 11 is 0. The van der Waals surface area contributed by atoms with Gasteiger partial charge in [0.15, 0.2) is 5.82 Å². The number of hydrogen-bond acceptors (Lipinski definition) is 6. The molecule has 30 heavy (non-hydrogen) atoms. The first-order valence-corrected chi connectivity index (χ1v) is 11.3. The number of amides is 1. The number of aryl methyl sites for hydroxylation is 2. The fourth-order valence-corrected chi connectivity index (χ4v) is 5.13. The number of likely N-dealkylation sites (tertiary alicyclic amines) is 1. The van der Waals surface area contributed by atoms with Crippen molar-refractivity contribution in [3.8, 4) is 0 Å². The second kappa shape index (κ2) is 8.45. The van der Waals surface area contributed by atoms with Crippen molar-refractivity contribution in [3.05, 3.63) is 22.8 Å². The van der Waals surface area contributed by atoms with E-state index >= 15 is 0 Å². The topological polar surface area (TPSA) is 93.8 Å². The third-order valence-electron chi connectivity index (χ3n) is 7.00. The highest BCUT2D eigenvalue weighted by molar-refractivity contribution is 5.76. The Balaban J connectivity index is 1.68. The first-order chi connectivity index (χ1) is 14.4. The molecule has 0 radical (unpaired) electrons. The van der Waals surface area contributed by atoms with Crippen LogP contribution in [-0.4, -0.2) is 53.9 Å². The molecule has 1 saturated heterocycles. The van der Waals surface area contributed by atoms with E-state index in [1.165, 1.54) is 18.4 Å². The normalized spacial score (nSPS) is 22.7. The molecule has 1 atom stereocenters. The summed E-state index contributed by atoms with van der Waals surface area (Å²) in [5.41, 5.74) is 2.94. The zero-order chi connectivity index (χ0) is 21.3. The maximum absolute atomic E-state index is 12.6. The van der Waals surface area contributed by atoms with Crippen LogP contribution in [0.25, 0.3) is 0 Å². The Labute approximate surface area is 178 Å². The SMILES string of the molecule is CCC(=O)N1CCC[C@@](NCc2c(C)nn(C)c2C)(c2nnnn2C2CCCC2)C1. The Morgan fingerprint density at radius 2 is 2.00 bits per heavy atom. The number of carbonyl (C=O) groups excluding carboxylic acids is 1. The molecule has 1 aliphatic heterocycles. The van der Waals surface area contributed by atoms with E-state index in [2.05, 4.69) is 32.9 Å². The van der Waals surface area contributed by atoms with Gasteiger partial charge in [-0.3, -0.25) is 14.8 Å². The van der Waals surface area contributed by atoms with E-state index in [9.17, 15) is 4.79 Å². The molecule has 9 heteroatoms. The number of piperidine rings is 1. The largest absolute Gasteiger partial charge is 0.340 e. The standard InChI is InChI=1S/C21H34N8O/c1-5-19(30)28-12-8-11-21(14-28,22-13-18-15(2)24-27(4)16(18)3)20-23-25-26-29(20)17-9-6-7-10-17/h17,22H,5-14H2,1-4H3/t21-/m0/s1. The predicted molar refractivity (Wildman–Crippen MR) is 113 cm³/mol. The van der Waals surface area contributed by atoms with Gasteiger partial charge in [0.05, 0.1) is 17.3 Å². The molecule has 1 N–H and O–H groups in total. The van der Waals surface area contributed by atoms with Crippen LogP contribution in [0.5, 0.6) is 0 Å². The van der Waals surface area contributed by atoms with Crippen molar-refractivity contribution in [2.75, 3.05) is 13.1 Å². The molecule has 3 heterocycles. The van der Waals surface area contributed by atoms with E-state index in [0.717, 1.165) is 49.4 Å². The summed E-state index contributed by atoms with van der Waals surface area (Å²) in [6.45, 7) is 8.15. The van der Waals surface area contributed by atoms with Crippen LogP contribution in [0, 0.1) is 13.8 Å². The van der Waals surface area contributed by atoms with Gasteiger partial charge < -0.3 is 4.90 Å². The van der Waals surface area contributed by atoms with Crippen molar-refractivity contribution >= 4 is 5.91 Å². The summed E-state index contributed by atoms with van der Waals surface area (Å²) < 4.78 is 3.97. The van der Waals surface area contributed by atoms with E-state index in [1.807, 2.05) is 35.2 Å². The minimum Gasteiger partial charge on any atom is -0.340 e. The Hall–Kier alpha value is -2.29. The van der Waals surface area contributed by atoms with Crippen LogP contribution >= 0.6 is 0 Å². The highest BCUT2D eigenvalue weighted by Gasteiger charge is 2.43. The van der Waals surface area contributed by atoms with Crippen LogP contribution in [-0.2, 0) is 23.9 Å². The zero-order valence-corrected chi connectivity index (χ0v) is 18.7. The number of aromatic nitrogens is 6. The molecule has 1 aliphatic carbocycles. The Morgan fingerprint density at radius 3 is 2.67 bits per heavy atom. The molecule has 0 aromatic carbocycles. The van der Waals surface area contributed by atoms with Gasteiger partial charge in [-0.25, -0.2) is 4.68 Å². The lowest BCUT2D eigenvalue weighted by Gasteiger charge is -2.43. The molecule has 2 aromatic heterocycles. The molecule has 2 fully saturated rings. The van der Waals surface area contributed by atoms with E-state index in [-0.39, 0.29) is 5.91 Å². The number of nitrogens with one attached hydrogen (secondary N) is 1.